The van der Waals surface area contributed by atoms with Crippen molar-refractivity contribution in [1.82, 2.24) is 4.90 Å². The van der Waals surface area contributed by atoms with Crippen molar-refractivity contribution >= 4 is 5.78 Å². The zero-order chi connectivity index (χ0) is 10.9. The molecule has 0 radical (unpaired) electrons. The number of hydrogen-bond donors (Lipinski definition) is 1. The van der Waals surface area contributed by atoms with Crippen molar-refractivity contribution in [3.63, 3.8) is 0 Å². The number of carbonyl (C=O) groups excluding carboxylic acids is 1. The molecule has 0 bridgehead atoms. The first-order chi connectivity index (χ1) is 7.07. The van der Waals surface area contributed by atoms with Crippen LogP contribution >= 0.6 is 0 Å². The normalized spacial score (nSPS) is 33.7. The number of ketones is 1. The van der Waals surface area contributed by atoms with E-state index in [2.05, 4.69) is 4.90 Å². The van der Waals surface area contributed by atoms with E-state index in [4.69, 9.17) is 0 Å². The van der Waals surface area contributed by atoms with E-state index in [0.717, 1.165) is 25.8 Å². The van der Waals surface area contributed by atoms with Crippen LogP contribution in [0.2, 0.25) is 0 Å². The highest BCUT2D eigenvalue weighted by Crippen LogP contribution is 2.27. The molecule has 1 saturated carbocycles. The standard InChI is InChI=1S/C12H21NO2/c1-12(15)6-7-13(9-12)8-11(14)10-4-2-3-5-10/h10,15H,2-9H2,1H3. The summed E-state index contributed by atoms with van der Waals surface area (Å²) in [5.74, 6) is 0.709. The van der Waals surface area contributed by atoms with Gasteiger partial charge in [0.1, 0.15) is 5.78 Å². The minimum absolute atomic E-state index is 0.315. The molecule has 1 N–H and O–H groups in total. The zero-order valence-electron chi connectivity index (χ0n) is 9.54. The molecule has 0 aromatic rings. The summed E-state index contributed by atoms with van der Waals surface area (Å²) in [7, 11) is 0. The number of rotatable bonds is 3. The topological polar surface area (TPSA) is 40.5 Å². The van der Waals surface area contributed by atoms with Crippen molar-refractivity contribution in [3.05, 3.63) is 0 Å². The van der Waals surface area contributed by atoms with Gasteiger partial charge in [0.15, 0.2) is 0 Å². The highest BCUT2D eigenvalue weighted by Gasteiger charge is 2.33. The van der Waals surface area contributed by atoms with Crippen molar-refractivity contribution in [1.29, 1.82) is 0 Å². The first-order valence-corrected chi connectivity index (χ1v) is 6.04. The molecule has 1 aliphatic heterocycles. The van der Waals surface area contributed by atoms with Crippen LogP contribution in [0.5, 0.6) is 0 Å². The van der Waals surface area contributed by atoms with Crippen LogP contribution in [0, 0.1) is 5.92 Å². The van der Waals surface area contributed by atoms with Gasteiger partial charge < -0.3 is 5.11 Å². The fraction of sp³-hybridized carbons (Fsp3) is 0.917. The molecule has 1 unspecified atom stereocenters. The maximum absolute atomic E-state index is 11.9. The second-order valence-electron chi connectivity index (χ2n) is 5.41. The van der Waals surface area contributed by atoms with Gasteiger partial charge in [-0.2, -0.15) is 0 Å². The van der Waals surface area contributed by atoms with Gasteiger partial charge in [-0.1, -0.05) is 12.8 Å². The highest BCUT2D eigenvalue weighted by atomic mass is 16.3. The van der Waals surface area contributed by atoms with Crippen molar-refractivity contribution in [3.8, 4) is 0 Å². The van der Waals surface area contributed by atoms with E-state index in [1.165, 1.54) is 12.8 Å². The van der Waals surface area contributed by atoms with E-state index in [1.807, 2.05) is 6.92 Å². The summed E-state index contributed by atoms with van der Waals surface area (Å²) >= 11 is 0. The van der Waals surface area contributed by atoms with Gasteiger partial charge in [0.25, 0.3) is 0 Å². The molecule has 0 amide bonds. The largest absolute Gasteiger partial charge is 0.389 e. The van der Waals surface area contributed by atoms with Crippen molar-refractivity contribution in [2.75, 3.05) is 19.6 Å². The summed E-state index contributed by atoms with van der Waals surface area (Å²) in [6, 6.07) is 0. The van der Waals surface area contributed by atoms with E-state index in [1.54, 1.807) is 0 Å². The summed E-state index contributed by atoms with van der Waals surface area (Å²) < 4.78 is 0. The molecule has 15 heavy (non-hydrogen) atoms. The Hall–Kier alpha value is -0.410. The fourth-order valence-electron chi connectivity index (χ4n) is 2.77. The molecule has 2 aliphatic rings. The molecule has 1 aliphatic carbocycles. The highest BCUT2D eigenvalue weighted by molar-refractivity contribution is 5.83. The Balaban J connectivity index is 1.79. The average Bonchev–Trinajstić information content (AvgIpc) is 2.74. The van der Waals surface area contributed by atoms with Crippen LogP contribution in [0.25, 0.3) is 0 Å². The lowest BCUT2D eigenvalue weighted by atomic mass is 10.0. The number of aliphatic hydroxyl groups is 1. The zero-order valence-corrected chi connectivity index (χ0v) is 9.54. The maximum atomic E-state index is 11.9. The molecular formula is C12H21NO2. The second-order valence-corrected chi connectivity index (χ2v) is 5.41. The minimum atomic E-state index is -0.573. The average molecular weight is 211 g/mol. The number of β-amino-alcohol motifs (C(OH)–C–C–N with tert-alkyl or cyclic N) is 1. The molecule has 86 valence electrons. The van der Waals surface area contributed by atoms with Crippen LogP contribution < -0.4 is 0 Å². The molecule has 3 nitrogen and oxygen atoms in total. The number of hydrogen-bond acceptors (Lipinski definition) is 3. The molecule has 2 rings (SSSR count). The minimum Gasteiger partial charge on any atom is -0.389 e. The van der Waals surface area contributed by atoms with E-state index in [-0.39, 0.29) is 0 Å². The predicted octanol–water partition coefficient (Wildman–Crippen LogP) is 1.20. The van der Waals surface area contributed by atoms with Gasteiger partial charge in [-0.05, 0) is 26.2 Å². The molecule has 1 saturated heterocycles. The van der Waals surface area contributed by atoms with Gasteiger partial charge in [0.2, 0.25) is 0 Å². The Bertz CT molecular complexity index is 244. The first kappa shape index (κ1) is 11.1. The summed E-state index contributed by atoms with van der Waals surface area (Å²) in [5, 5.41) is 9.79. The quantitative estimate of drug-likeness (QED) is 0.762. The van der Waals surface area contributed by atoms with Crippen molar-refractivity contribution < 1.29 is 9.90 Å². The maximum Gasteiger partial charge on any atom is 0.149 e. The van der Waals surface area contributed by atoms with Gasteiger partial charge in [-0.15, -0.1) is 0 Å². The lowest BCUT2D eigenvalue weighted by Crippen LogP contribution is -2.34. The summed E-state index contributed by atoms with van der Waals surface area (Å²) in [6.07, 6.45) is 5.40. The van der Waals surface area contributed by atoms with E-state index < -0.39 is 5.60 Å². The van der Waals surface area contributed by atoms with Crippen LogP contribution in [-0.2, 0) is 4.79 Å². The van der Waals surface area contributed by atoms with Gasteiger partial charge in [-0.3, -0.25) is 9.69 Å². The summed E-state index contributed by atoms with van der Waals surface area (Å²) in [4.78, 5) is 14.0. The molecule has 2 fully saturated rings. The van der Waals surface area contributed by atoms with Crippen LogP contribution in [0.1, 0.15) is 39.0 Å². The van der Waals surface area contributed by atoms with E-state index in [0.29, 0.717) is 24.8 Å². The SMILES string of the molecule is CC1(O)CCN(CC(=O)C2CCCC2)C1. The Labute approximate surface area is 91.5 Å². The lowest BCUT2D eigenvalue weighted by Gasteiger charge is -2.19. The Morgan fingerprint density at radius 2 is 2.13 bits per heavy atom. The van der Waals surface area contributed by atoms with Gasteiger partial charge in [0, 0.05) is 19.0 Å². The molecule has 0 spiro atoms. The number of carbonyl (C=O) groups is 1. The molecule has 0 aromatic heterocycles. The van der Waals surface area contributed by atoms with Gasteiger partial charge >= 0.3 is 0 Å². The first-order valence-electron chi connectivity index (χ1n) is 6.04. The smallest absolute Gasteiger partial charge is 0.149 e. The van der Waals surface area contributed by atoms with Gasteiger partial charge in [-0.25, -0.2) is 0 Å². The third-order valence-corrected chi connectivity index (χ3v) is 3.72. The van der Waals surface area contributed by atoms with Crippen LogP contribution in [0.15, 0.2) is 0 Å². The monoisotopic (exact) mass is 211 g/mol. The van der Waals surface area contributed by atoms with E-state index >= 15 is 0 Å². The predicted molar refractivity (Wildman–Crippen MR) is 58.6 cm³/mol. The molecular weight excluding hydrogens is 190 g/mol. The Morgan fingerprint density at radius 3 is 2.67 bits per heavy atom. The third kappa shape index (κ3) is 2.79. The van der Waals surface area contributed by atoms with Gasteiger partial charge in [0.05, 0.1) is 12.1 Å². The Kier molecular flexibility index (Phi) is 3.12. The van der Waals surface area contributed by atoms with Crippen LogP contribution in [0.3, 0.4) is 0 Å². The van der Waals surface area contributed by atoms with Crippen LogP contribution in [0.4, 0.5) is 0 Å². The second kappa shape index (κ2) is 4.22. The lowest BCUT2D eigenvalue weighted by molar-refractivity contribution is -0.123. The molecule has 1 heterocycles. The Morgan fingerprint density at radius 1 is 1.47 bits per heavy atom. The fourth-order valence-corrected chi connectivity index (χ4v) is 2.77. The van der Waals surface area contributed by atoms with Crippen molar-refractivity contribution in [2.45, 2.75) is 44.6 Å². The molecule has 3 heteroatoms. The number of nitrogens with zero attached hydrogens (tertiary/aromatic N) is 1. The van der Waals surface area contributed by atoms with Crippen LogP contribution in [-0.4, -0.2) is 41.0 Å². The summed E-state index contributed by atoms with van der Waals surface area (Å²) in [6.45, 7) is 3.94. The molecule has 0 aromatic carbocycles. The number of Topliss-reactive ketones (excluding diaryl/α,β-unsaturated/α-hetero) is 1. The third-order valence-electron chi connectivity index (χ3n) is 3.72. The molecule has 1 atom stereocenters. The van der Waals surface area contributed by atoms with Crippen molar-refractivity contribution in [2.24, 2.45) is 5.92 Å². The number of likely N-dealkylation sites (tertiary alicyclic amines) is 1. The van der Waals surface area contributed by atoms with E-state index in [9.17, 15) is 9.90 Å². The summed E-state index contributed by atoms with van der Waals surface area (Å²) in [5.41, 5.74) is -0.573.